The summed E-state index contributed by atoms with van der Waals surface area (Å²) in [6.07, 6.45) is 1.42. The van der Waals surface area contributed by atoms with Crippen molar-refractivity contribution in [3.8, 4) is 5.75 Å². The standard InChI is InChI=1S/C26H36ClN3O5S/c1-7-23(26(32)28-15-18(2)3)29(16-20-8-11-22(35-5)12-9-20)25(31)17-30(36(6,33)34)24-13-10-21(27)14-19(24)4/h8-14,18,23H,7,15-17H2,1-6H3,(H,28,32). The SMILES string of the molecule is CCC(C(=O)NCC(C)C)N(Cc1ccc(OC)cc1)C(=O)CN(c1ccc(Cl)cc1C)S(C)(=O)=O. The predicted molar refractivity (Wildman–Crippen MR) is 144 cm³/mol. The van der Waals surface area contributed by atoms with Crippen LogP contribution in [-0.2, 0) is 26.2 Å². The number of rotatable bonds is 12. The van der Waals surface area contributed by atoms with Crippen molar-refractivity contribution in [2.24, 2.45) is 5.92 Å². The first-order chi connectivity index (χ1) is 16.9. The zero-order chi connectivity index (χ0) is 27.0. The summed E-state index contributed by atoms with van der Waals surface area (Å²) in [5.41, 5.74) is 1.76. The third kappa shape index (κ3) is 8.13. The summed E-state index contributed by atoms with van der Waals surface area (Å²) in [4.78, 5) is 28.2. The lowest BCUT2D eigenvalue weighted by Gasteiger charge is -2.33. The third-order valence-electron chi connectivity index (χ3n) is 5.69. The lowest BCUT2D eigenvalue weighted by Crippen LogP contribution is -2.52. The Hall–Kier alpha value is -2.78. The van der Waals surface area contributed by atoms with Gasteiger partial charge in [0, 0.05) is 18.1 Å². The topological polar surface area (TPSA) is 96.0 Å². The third-order valence-corrected chi connectivity index (χ3v) is 7.05. The summed E-state index contributed by atoms with van der Waals surface area (Å²) < 4.78 is 31.7. The van der Waals surface area contributed by atoms with Crippen molar-refractivity contribution in [2.45, 2.75) is 46.7 Å². The van der Waals surface area contributed by atoms with Crippen molar-refractivity contribution in [1.82, 2.24) is 10.2 Å². The number of ether oxygens (including phenoxy) is 1. The quantitative estimate of drug-likeness (QED) is 0.441. The first-order valence-corrected chi connectivity index (χ1v) is 14.0. The molecule has 2 amide bonds. The highest BCUT2D eigenvalue weighted by Crippen LogP contribution is 2.26. The molecule has 0 aliphatic carbocycles. The highest BCUT2D eigenvalue weighted by atomic mass is 35.5. The molecule has 0 heterocycles. The van der Waals surface area contributed by atoms with Crippen molar-refractivity contribution >= 4 is 39.1 Å². The summed E-state index contributed by atoms with van der Waals surface area (Å²) in [6.45, 7) is 7.68. The molecule has 10 heteroatoms. The largest absolute Gasteiger partial charge is 0.497 e. The number of benzene rings is 2. The molecule has 8 nitrogen and oxygen atoms in total. The van der Waals surface area contributed by atoms with E-state index in [-0.39, 0.29) is 18.4 Å². The second-order valence-electron chi connectivity index (χ2n) is 9.13. The van der Waals surface area contributed by atoms with Gasteiger partial charge in [0.25, 0.3) is 0 Å². The summed E-state index contributed by atoms with van der Waals surface area (Å²) in [5.74, 6) is 0.143. The minimum Gasteiger partial charge on any atom is -0.497 e. The molecule has 36 heavy (non-hydrogen) atoms. The molecule has 1 unspecified atom stereocenters. The number of halogens is 1. The van der Waals surface area contributed by atoms with Crippen molar-refractivity contribution in [2.75, 3.05) is 30.8 Å². The Labute approximate surface area is 219 Å². The maximum atomic E-state index is 13.7. The zero-order valence-electron chi connectivity index (χ0n) is 21.7. The molecule has 0 saturated heterocycles. The molecule has 2 aromatic carbocycles. The van der Waals surface area contributed by atoms with Gasteiger partial charge >= 0.3 is 0 Å². The number of carbonyl (C=O) groups is 2. The minimum absolute atomic E-state index is 0.133. The van der Waals surface area contributed by atoms with Crippen LogP contribution >= 0.6 is 11.6 Å². The first kappa shape index (κ1) is 29.5. The van der Waals surface area contributed by atoms with Gasteiger partial charge in [-0.15, -0.1) is 0 Å². The first-order valence-electron chi connectivity index (χ1n) is 11.8. The van der Waals surface area contributed by atoms with Crippen LogP contribution in [0, 0.1) is 12.8 Å². The van der Waals surface area contributed by atoms with E-state index < -0.39 is 28.5 Å². The lowest BCUT2D eigenvalue weighted by molar-refractivity contribution is -0.140. The van der Waals surface area contributed by atoms with Crippen LogP contribution < -0.4 is 14.4 Å². The van der Waals surface area contributed by atoms with E-state index >= 15 is 0 Å². The molecule has 198 valence electrons. The molecule has 0 aliphatic rings. The van der Waals surface area contributed by atoms with E-state index in [4.69, 9.17) is 16.3 Å². The van der Waals surface area contributed by atoms with E-state index in [0.29, 0.717) is 35.0 Å². The molecule has 0 saturated carbocycles. The van der Waals surface area contributed by atoms with Crippen molar-refractivity contribution in [3.63, 3.8) is 0 Å². The number of hydrogen-bond donors (Lipinski definition) is 1. The molecule has 0 spiro atoms. The van der Waals surface area contributed by atoms with Gasteiger partial charge in [-0.1, -0.05) is 44.5 Å². The second-order valence-corrected chi connectivity index (χ2v) is 11.5. The maximum absolute atomic E-state index is 13.7. The van der Waals surface area contributed by atoms with Crippen LogP contribution in [0.1, 0.15) is 38.3 Å². The fourth-order valence-electron chi connectivity index (χ4n) is 3.76. The molecule has 0 radical (unpaired) electrons. The second kappa shape index (κ2) is 13.0. The minimum atomic E-state index is -3.81. The molecular formula is C26H36ClN3O5S. The average molecular weight is 538 g/mol. The van der Waals surface area contributed by atoms with Crippen molar-refractivity contribution in [1.29, 1.82) is 0 Å². The molecule has 0 bridgehead atoms. The van der Waals surface area contributed by atoms with Gasteiger partial charge in [-0.3, -0.25) is 13.9 Å². The summed E-state index contributed by atoms with van der Waals surface area (Å²) in [6, 6.07) is 11.2. The maximum Gasteiger partial charge on any atom is 0.244 e. The number of amides is 2. The van der Waals surface area contributed by atoms with E-state index in [1.54, 1.807) is 44.4 Å². The van der Waals surface area contributed by atoms with Crippen LogP contribution in [0.5, 0.6) is 5.75 Å². The zero-order valence-corrected chi connectivity index (χ0v) is 23.3. The molecular weight excluding hydrogens is 502 g/mol. The van der Waals surface area contributed by atoms with E-state index in [0.717, 1.165) is 16.1 Å². The number of anilines is 1. The summed E-state index contributed by atoms with van der Waals surface area (Å²) in [5, 5.41) is 3.37. The van der Waals surface area contributed by atoms with Crippen molar-refractivity contribution < 1.29 is 22.7 Å². The molecule has 0 fully saturated rings. The van der Waals surface area contributed by atoms with Gasteiger partial charge in [-0.05, 0) is 60.7 Å². The van der Waals surface area contributed by atoms with E-state index in [9.17, 15) is 18.0 Å². The number of nitrogens with zero attached hydrogens (tertiary/aromatic N) is 2. The lowest BCUT2D eigenvalue weighted by atomic mass is 10.1. The van der Waals surface area contributed by atoms with E-state index in [1.165, 1.54) is 4.90 Å². The number of sulfonamides is 1. The van der Waals surface area contributed by atoms with Gasteiger partial charge in [0.1, 0.15) is 18.3 Å². The molecule has 2 rings (SSSR count). The molecule has 2 aromatic rings. The van der Waals surface area contributed by atoms with Gasteiger partial charge < -0.3 is 15.0 Å². The smallest absolute Gasteiger partial charge is 0.244 e. The van der Waals surface area contributed by atoms with Gasteiger partial charge in [-0.25, -0.2) is 8.42 Å². The molecule has 0 aromatic heterocycles. The van der Waals surface area contributed by atoms with Crippen LogP contribution in [0.2, 0.25) is 5.02 Å². The Morgan fingerprint density at radius 2 is 1.75 bits per heavy atom. The van der Waals surface area contributed by atoms with Crippen LogP contribution in [0.15, 0.2) is 42.5 Å². The highest BCUT2D eigenvalue weighted by molar-refractivity contribution is 7.92. The fourth-order valence-corrected chi connectivity index (χ4v) is 4.90. The summed E-state index contributed by atoms with van der Waals surface area (Å²) in [7, 11) is -2.25. The van der Waals surface area contributed by atoms with Gasteiger partial charge in [0.15, 0.2) is 0 Å². The Balaban J connectivity index is 2.45. The van der Waals surface area contributed by atoms with E-state index in [1.807, 2.05) is 32.9 Å². The number of hydrogen-bond acceptors (Lipinski definition) is 5. The molecule has 1 N–H and O–H groups in total. The van der Waals surface area contributed by atoms with Crippen LogP contribution in [0.4, 0.5) is 5.69 Å². The van der Waals surface area contributed by atoms with Crippen LogP contribution in [-0.4, -0.2) is 57.6 Å². The Kier molecular flexibility index (Phi) is 10.6. The fraction of sp³-hybridized carbons (Fsp3) is 0.462. The number of methoxy groups -OCH3 is 1. The van der Waals surface area contributed by atoms with Crippen LogP contribution in [0.3, 0.4) is 0 Å². The van der Waals surface area contributed by atoms with Crippen LogP contribution in [0.25, 0.3) is 0 Å². The summed E-state index contributed by atoms with van der Waals surface area (Å²) >= 11 is 6.05. The molecule has 1 atom stereocenters. The Morgan fingerprint density at radius 1 is 1.11 bits per heavy atom. The number of nitrogens with one attached hydrogen (secondary N) is 1. The van der Waals surface area contributed by atoms with Crippen molar-refractivity contribution in [3.05, 3.63) is 58.6 Å². The highest BCUT2D eigenvalue weighted by Gasteiger charge is 2.32. The molecule has 0 aliphatic heterocycles. The van der Waals surface area contributed by atoms with Gasteiger partial charge in [-0.2, -0.15) is 0 Å². The van der Waals surface area contributed by atoms with E-state index in [2.05, 4.69) is 5.32 Å². The normalized spacial score (nSPS) is 12.2. The van der Waals surface area contributed by atoms with Gasteiger partial charge in [0.2, 0.25) is 21.8 Å². The number of aryl methyl sites for hydroxylation is 1. The average Bonchev–Trinajstić information content (AvgIpc) is 2.81. The predicted octanol–water partition coefficient (Wildman–Crippen LogP) is 4.00. The van der Waals surface area contributed by atoms with Gasteiger partial charge in [0.05, 0.1) is 19.1 Å². The monoisotopic (exact) mass is 537 g/mol. The Morgan fingerprint density at radius 3 is 2.25 bits per heavy atom. The number of carbonyl (C=O) groups excluding carboxylic acids is 2. The Bertz CT molecular complexity index is 1150.